The van der Waals surface area contributed by atoms with Crippen molar-refractivity contribution in [2.75, 3.05) is 0 Å². The Labute approximate surface area is 168 Å². The largest absolute Gasteiger partial charge is 0.490 e. The highest BCUT2D eigenvalue weighted by Gasteiger charge is 2.16. The van der Waals surface area contributed by atoms with Gasteiger partial charge in [0.2, 0.25) is 0 Å². The molecule has 0 bridgehead atoms. The maximum Gasteiger partial charge on any atom is 0.337 e. The van der Waals surface area contributed by atoms with Crippen LogP contribution in [0.5, 0.6) is 11.5 Å². The molecule has 0 amide bonds. The molecule has 144 valence electrons. The standard InChI is InChI=1S/C22H20ClNO4/c1-14(2)28-21-12-15(23)8-9-17(21)19-11-10-18(22(25)26)20(24-19)13-27-16-6-4-3-5-7-16/h3-12,14H,13H2,1-2H3,(H,25,26). The number of nitrogens with zero attached hydrogens (tertiary/aromatic N) is 1. The lowest BCUT2D eigenvalue weighted by atomic mass is 10.1. The molecule has 0 saturated carbocycles. The van der Waals surface area contributed by atoms with E-state index >= 15 is 0 Å². The molecular formula is C22H20ClNO4. The second-order valence-electron chi connectivity index (χ2n) is 6.40. The SMILES string of the molecule is CC(C)Oc1cc(Cl)ccc1-c1ccc(C(=O)O)c(COc2ccccc2)n1. The van der Waals surface area contributed by atoms with Crippen LogP contribution in [0.4, 0.5) is 0 Å². The normalized spacial score (nSPS) is 10.7. The zero-order valence-corrected chi connectivity index (χ0v) is 16.3. The van der Waals surface area contributed by atoms with E-state index in [4.69, 9.17) is 21.1 Å². The van der Waals surface area contributed by atoms with E-state index < -0.39 is 5.97 Å². The van der Waals surface area contributed by atoms with Crippen molar-refractivity contribution in [1.29, 1.82) is 0 Å². The summed E-state index contributed by atoms with van der Waals surface area (Å²) in [5.41, 5.74) is 1.75. The fraction of sp³-hybridized carbons (Fsp3) is 0.182. The molecule has 1 N–H and O–H groups in total. The van der Waals surface area contributed by atoms with Crippen LogP contribution in [0.3, 0.4) is 0 Å². The fourth-order valence-corrected chi connectivity index (χ4v) is 2.85. The third kappa shape index (κ3) is 4.81. The van der Waals surface area contributed by atoms with E-state index in [-0.39, 0.29) is 18.3 Å². The fourth-order valence-electron chi connectivity index (χ4n) is 2.68. The van der Waals surface area contributed by atoms with Gasteiger partial charge in [-0.25, -0.2) is 9.78 Å². The van der Waals surface area contributed by atoms with Gasteiger partial charge in [0.1, 0.15) is 18.1 Å². The van der Waals surface area contributed by atoms with Crippen molar-refractivity contribution in [2.24, 2.45) is 0 Å². The molecule has 6 heteroatoms. The summed E-state index contributed by atoms with van der Waals surface area (Å²) in [7, 11) is 0. The van der Waals surface area contributed by atoms with E-state index in [2.05, 4.69) is 4.98 Å². The molecule has 3 aromatic rings. The highest BCUT2D eigenvalue weighted by Crippen LogP contribution is 2.33. The molecule has 0 aliphatic heterocycles. The molecule has 3 rings (SSSR count). The lowest BCUT2D eigenvalue weighted by molar-refractivity contribution is 0.0693. The molecule has 0 atom stereocenters. The van der Waals surface area contributed by atoms with Gasteiger partial charge < -0.3 is 14.6 Å². The minimum atomic E-state index is -1.06. The minimum Gasteiger partial charge on any atom is -0.490 e. The Balaban J connectivity index is 1.98. The van der Waals surface area contributed by atoms with Crippen LogP contribution in [-0.4, -0.2) is 22.2 Å². The number of rotatable bonds is 7. The Morgan fingerprint density at radius 2 is 1.86 bits per heavy atom. The highest BCUT2D eigenvalue weighted by atomic mass is 35.5. The van der Waals surface area contributed by atoms with E-state index in [1.54, 1.807) is 30.3 Å². The second-order valence-corrected chi connectivity index (χ2v) is 6.84. The maximum atomic E-state index is 11.6. The molecule has 28 heavy (non-hydrogen) atoms. The van der Waals surface area contributed by atoms with Crippen LogP contribution in [0.25, 0.3) is 11.3 Å². The van der Waals surface area contributed by atoms with Crippen LogP contribution in [0, 0.1) is 0 Å². The van der Waals surface area contributed by atoms with Crippen molar-refractivity contribution in [3.63, 3.8) is 0 Å². The van der Waals surface area contributed by atoms with Crippen molar-refractivity contribution >= 4 is 17.6 Å². The van der Waals surface area contributed by atoms with Crippen LogP contribution in [0.2, 0.25) is 5.02 Å². The number of carbonyl (C=O) groups is 1. The first kappa shape index (κ1) is 19.7. The van der Waals surface area contributed by atoms with E-state index in [1.165, 1.54) is 6.07 Å². The van der Waals surface area contributed by atoms with Gasteiger partial charge in [0, 0.05) is 10.6 Å². The summed E-state index contributed by atoms with van der Waals surface area (Å²) in [4.78, 5) is 16.1. The van der Waals surface area contributed by atoms with Crippen molar-refractivity contribution in [1.82, 2.24) is 4.98 Å². The first-order valence-corrected chi connectivity index (χ1v) is 9.19. The molecule has 0 aliphatic carbocycles. The van der Waals surface area contributed by atoms with Gasteiger partial charge >= 0.3 is 5.97 Å². The molecule has 1 aromatic heterocycles. The lowest BCUT2D eigenvalue weighted by Crippen LogP contribution is -2.10. The van der Waals surface area contributed by atoms with Gasteiger partial charge in [-0.1, -0.05) is 29.8 Å². The monoisotopic (exact) mass is 397 g/mol. The number of ether oxygens (including phenoxy) is 2. The van der Waals surface area contributed by atoms with Crippen LogP contribution < -0.4 is 9.47 Å². The summed E-state index contributed by atoms with van der Waals surface area (Å²) in [5, 5.41) is 10.0. The van der Waals surface area contributed by atoms with Gasteiger partial charge in [0.25, 0.3) is 0 Å². The summed E-state index contributed by atoms with van der Waals surface area (Å²) >= 11 is 6.11. The highest BCUT2D eigenvalue weighted by molar-refractivity contribution is 6.30. The van der Waals surface area contributed by atoms with Gasteiger partial charge in [-0.15, -0.1) is 0 Å². The zero-order valence-electron chi connectivity index (χ0n) is 15.6. The van der Waals surface area contributed by atoms with Crippen molar-refractivity contribution in [3.8, 4) is 22.8 Å². The van der Waals surface area contributed by atoms with E-state index in [1.807, 2.05) is 38.1 Å². The average molecular weight is 398 g/mol. The number of pyridine rings is 1. The van der Waals surface area contributed by atoms with E-state index in [0.29, 0.717) is 27.9 Å². The predicted molar refractivity (Wildman–Crippen MR) is 108 cm³/mol. The Hall–Kier alpha value is -3.05. The number of benzene rings is 2. The van der Waals surface area contributed by atoms with Gasteiger partial charge in [-0.2, -0.15) is 0 Å². The summed E-state index contributed by atoms with van der Waals surface area (Å²) < 4.78 is 11.6. The van der Waals surface area contributed by atoms with Gasteiger partial charge in [0.15, 0.2) is 0 Å². The Morgan fingerprint density at radius 1 is 1.11 bits per heavy atom. The van der Waals surface area contributed by atoms with Crippen LogP contribution in [0.1, 0.15) is 29.9 Å². The molecule has 0 radical (unpaired) electrons. The molecule has 0 fully saturated rings. The molecule has 0 saturated heterocycles. The lowest BCUT2D eigenvalue weighted by Gasteiger charge is -2.16. The van der Waals surface area contributed by atoms with Crippen LogP contribution >= 0.6 is 11.6 Å². The molecule has 0 spiro atoms. The molecule has 5 nitrogen and oxygen atoms in total. The maximum absolute atomic E-state index is 11.6. The minimum absolute atomic E-state index is 0.0352. The number of hydrogen-bond donors (Lipinski definition) is 1. The number of carboxylic acids is 1. The van der Waals surface area contributed by atoms with Crippen LogP contribution in [0.15, 0.2) is 60.7 Å². The van der Waals surface area contributed by atoms with Gasteiger partial charge in [0.05, 0.1) is 23.1 Å². The Kier molecular flexibility index (Phi) is 6.16. The summed E-state index contributed by atoms with van der Waals surface area (Å²) in [6.45, 7) is 3.88. The van der Waals surface area contributed by atoms with E-state index in [0.717, 1.165) is 5.56 Å². The summed E-state index contributed by atoms with van der Waals surface area (Å²) in [6.07, 6.45) is -0.0450. The second kappa shape index (κ2) is 8.76. The van der Waals surface area contributed by atoms with E-state index in [9.17, 15) is 9.90 Å². The Bertz CT molecular complexity index is 974. The van der Waals surface area contributed by atoms with Gasteiger partial charge in [-0.05, 0) is 56.3 Å². The van der Waals surface area contributed by atoms with Crippen molar-refractivity contribution < 1.29 is 19.4 Å². The first-order valence-electron chi connectivity index (χ1n) is 8.81. The number of carboxylic acid groups (broad SMARTS) is 1. The number of para-hydroxylation sites is 1. The quantitative estimate of drug-likeness (QED) is 0.572. The molecular weight excluding hydrogens is 378 g/mol. The zero-order chi connectivity index (χ0) is 20.1. The molecule has 2 aromatic carbocycles. The van der Waals surface area contributed by atoms with Crippen LogP contribution in [-0.2, 0) is 6.61 Å². The smallest absolute Gasteiger partial charge is 0.337 e. The van der Waals surface area contributed by atoms with Gasteiger partial charge in [-0.3, -0.25) is 0 Å². The molecule has 0 aliphatic rings. The number of halogens is 1. The first-order chi connectivity index (χ1) is 13.4. The average Bonchev–Trinajstić information content (AvgIpc) is 2.66. The van der Waals surface area contributed by atoms with Crippen molar-refractivity contribution in [2.45, 2.75) is 26.6 Å². The number of hydrogen-bond acceptors (Lipinski definition) is 4. The molecule has 1 heterocycles. The third-order valence-corrected chi connectivity index (χ3v) is 4.14. The predicted octanol–water partition coefficient (Wildman–Crippen LogP) is 5.47. The summed E-state index contributed by atoms with van der Waals surface area (Å²) in [5.74, 6) is 0.176. The third-order valence-electron chi connectivity index (χ3n) is 3.91. The summed E-state index contributed by atoms with van der Waals surface area (Å²) in [6, 6.07) is 17.7. The topological polar surface area (TPSA) is 68.7 Å². The van der Waals surface area contributed by atoms with Crippen molar-refractivity contribution in [3.05, 3.63) is 76.9 Å². The number of aromatic nitrogens is 1. The number of aromatic carboxylic acids is 1. The Morgan fingerprint density at radius 3 is 2.54 bits per heavy atom. The molecule has 0 unspecified atom stereocenters.